The van der Waals surface area contributed by atoms with Crippen molar-refractivity contribution in [1.29, 1.82) is 0 Å². The molecule has 1 saturated heterocycles. The zero-order chi connectivity index (χ0) is 21.0. The SMILES string of the molecule is CCC1SCC(C(=O)NCCc2ccc(Cl)cc2Cl)N1C(=O)c1ccccc1C. The molecule has 3 rings (SSSR count). The van der Waals surface area contributed by atoms with E-state index in [1.54, 1.807) is 28.8 Å². The molecule has 2 aromatic carbocycles. The van der Waals surface area contributed by atoms with Crippen molar-refractivity contribution < 1.29 is 9.59 Å². The quantitative estimate of drug-likeness (QED) is 0.676. The third kappa shape index (κ3) is 5.08. The van der Waals surface area contributed by atoms with Crippen LogP contribution < -0.4 is 5.32 Å². The number of nitrogens with one attached hydrogen (secondary N) is 1. The van der Waals surface area contributed by atoms with Gasteiger partial charge in [-0.05, 0) is 49.1 Å². The summed E-state index contributed by atoms with van der Waals surface area (Å²) >= 11 is 13.8. The molecule has 0 bridgehead atoms. The molecule has 1 N–H and O–H groups in total. The van der Waals surface area contributed by atoms with E-state index in [1.807, 2.05) is 44.2 Å². The van der Waals surface area contributed by atoms with Crippen LogP contribution in [0.1, 0.15) is 34.8 Å². The van der Waals surface area contributed by atoms with E-state index >= 15 is 0 Å². The van der Waals surface area contributed by atoms with Crippen LogP contribution >= 0.6 is 35.0 Å². The van der Waals surface area contributed by atoms with Gasteiger partial charge in [0.15, 0.2) is 0 Å². The number of carbonyl (C=O) groups excluding carboxylic acids is 2. The zero-order valence-corrected chi connectivity index (χ0v) is 18.8. The van der Waals surface area contributed by atoms with Crippen molar-refractivity contribution in [3.63, 3.8) is 0 Å². The van der Waals surface area contributed by atoms with Crippen LogP contribution in [0.15, 0.2) is 42.5 Å². The summed E-state index contributed by atoms with van der Waals surface area (Å²) < 4.78 is 0. The molecular formula is C22H24Cl2N2O2S. The van der Waals surface area contributed by atoms with Gasteiger partial charge in [0.25, 0.3) is 5.91 Å². The van der Waals surface area contributed by atoms with Crippen LogP contribution in [0.3, 0.4) is 0 Å². The molecule has 1 aliphatic rings. The molecule has 7 heteroatoms. The predicted molar refractivity (Wildman–Crippen MR) is 121 cm³/mol. The minimum absolute atomic E-state index is 0.00330. The fourth-order valence-electron chi connectivity index (χ4n) is 3.47. The molecule has 0 aliphatic carbocycles. The lowest BCUT2D eigenvalue weighted by Crippen LogP contribution is -2.50. The van der Waals surface area contributed by atoms with Gasteiger partial charge in [0.2, 0.25) is 5.91 Å². The molecule has 0 saturated carbocycles. The number of rotatable bonds is 6. The van der Waals surface area contributed by atoms with E-state index in [9.17, 15) is 9.59 Å². The van der Waals surface area contributed by atoms with Gasteiger partial charge in [0.05, 0.1) is 5.37 Å². The Bertz CT molecular complexity index is 906. The summed E-state index contributed by atoms with van der Waals surface area (Å²) in [6, 6.07) is 12.4. The number of thioether (sulfide) groups is 1. The Balaban J connectivity index is 1.68. The molecule has 0 radical (unpaired) electrons. The molecule has 1 heterocycles. The number of halogens is 2. The van der Waals surface area contributed by atoms with Crippen molar-refractivity contribution in [3.8, 4) is 0 Å². The Labute approximate surface area is 185 Å². The molecule has 2 amide bonds. The molecule has 0 aromatic heterocycles. The van der Waals surface area contributed by atoms with E-state index in [1.165, 1.54) is 0 Å². The maximum absolute atomic E-state index is 13.2. The van der Waals surface area contributed by atoms with Crippen molar-refractivity contribution in [3.05, 3.63) is 69.2 Å². The van der Waals surface area contributed by atoms with E-state index in [-0.39, 0.29) is 17.2 Å². The van der Waals surface area contributed by atoms with Crippen LogP contribution in [-0.4, -0.2) is 40.4 Å². The molecule has 2 atom stereocenters. The van der Waals surface area contributed by atoms with Crippen molar-refractivity contribution in [1.82, 2.24) is 10.2 Å². The highest BCUT2D eigenvalue weighted by atomic mass is 35.5. The third-order valence-electron chi connectivity index (χ3n) is 5.06. The van der Waals surface area contributed by atoms with Gasteiger partial charge in [-0.2, -0.15) is 0 Å². The molecule has 4 nitrogen and oxygen atoms in total. The number of benzene rings is 2. The minimum atomic E-state index is -0.474. The lowest BCUT2D eigenvalue weighted by molar-refractivity contribution is -0.124. The fourth-order valence-corrected chi connectivity index (χ4v) is 5.33. The van der Waals surface area contributed by atoms with Gasteiger partial charge in [-0.25, -0.2) is 0 Å². The van der Waals surface area contributed by atoms with Gasteiger partial charge in [-0.1, -0.05) is 54.4 Å². The first-order valence-corrected chi connectivity index (χ1v) is 11.4. The van der Waals surface area contributed by atoms with Gasteiger partial charge >= 0.3 is 0 Å². The maximum Gasteiger partial charge on any atom is 0.255 e. The Morgan fingerprint density at radius 3 is 2.66 bits per heavy atom. The van der Waals surface area contributed by atoms with Crippen molar-refractivity contribution in [2.45, 2.75) is 38.1 Å². The number of hydrogen-bond acceptors (Lipinski definition) is 3. The summed E-state index contributed by atoms with van der Waals surface area (Å²) in [7, 11) is 0. The summed E-state index contributed by atoms with van der Waals surface area (Å²) in [6.45, 7) is 4.41. The Hall–Kier alpha value is -1.69. The second kappa shape index (κ2) is 9.88. The molecule has 0 spiro atoms. The normalized spacial score (nSPS) is 18.7. The third-order valence-corrected chi connectivity index (χ3v) is 7.10. The number of carbonyl (C=O) groups is 2. The van der Waals surface area contributed by atoms with Gasteiger partial charge < -0.3 is 10.2 Å². The maximum atomic E-state index is 13.2. The van der Waals surface area contributed by atoms with Crippen LogP contribution in [0.5, 0.6) is 0 Å². The van der Waals surface area contributed by atoms with Crippen LogP contribution in [0.2, 0.25) is 10.0 Å². The summed E-state index contributed by atoms with van der Waals surface area (Å²) in [6.07, 6.45) is 1.40. The largest absolute Gasteiger partial charge is 0.354 e. The first-order valence-electron chi connectivity index (χ1n) is 9.64. The van der Waals surface area contributed by atoms with Gasteiger partial charge in [0, 0.05) is 27.9 Å². The second-order valence-corrected chi connectivity index (χ2v) is 9.07. The van der Waals surface area contributed by atoms with Gasteiger partial charge in [-0.3, -0.25) is 9.59 Å². The topological polar surface area (TPSA) is 49.4 Å². The molecular weight excluding hydrogens is 427 g/mol. The zero-order valence-electron chi connectivity index (χ0n) is 16.5. The summed E-state index contributed by atoms with van der Waals surface area (Å²) in [5, 5.41) is 4.15. The summed E-state index contributed by atoms with van der Waals surface area (Å²) in [4.78, 5) is 27.9. The first-order chi connectivity index (χ1) is 13.9. The first kappa shape index (κ1) is 22.0. The molecule has 2 unspecified atom stereocenters. The monoisotopic (exact) mass is 450 g/mol. The van der Waals surface area contributed by atoms with Gasteiger partial charge in [-0.15, -0.1) is 11.8 Å². The standard InChI is InChI=1S/C22H24Cl2N2O2S/c1-3-20-26(22(28)17-7-5-4-6-14(17)2)19(13-29-20)21(27)25-11-10-15-8-9-16(23)12-18(15)24/h4-9,12,19-20H,3,10-11,13H2,1-2H3,(H,25,27). The highest BCUT2D eigenvalue weighted by Gasteiger charge is 2.41. The van der Waals surface area contributed by atoms with Crippen LogP contribution in [0.4, 0.5) is 0 Å². The predicted octanol–water partition coefficient (Wildman–Crippen LogP) is 4.95. The number of aryl methyl sites for hydroxylation is 1. The number of amides is 2. The molecule has 154 valence electrons. The van der Waals surface area contributed by atoms with E-state index < -0.39 is 6.04 Å². The van der Waals surface area contributed by atoms with E-state index in [4.69, 9.17) is 23.2 Å². The minimum Gasteiger partial charge on any atom is -0.354 e. The average molecular weight is 451 g/mol. The molecule has 2 aromatic rings. The number of hydrogen-bond donors (Lipinski definition) is 1. The van der Waals surface area contributed by atoms with Crippen LogP contribution in [0, 0.1) is 6.92 Å². The Morgan fingerprint density at radius 1 is 1.21 bits per heavy atom. The average Bonchev–Trinajstić information content (AvgIpc) is 3.13. The lowest BCUT2D eigenvalue weighted by atomic mass is 10.1. The fraction of sp³-hybridized carbons (Fsp3) is 0.364. The van der Waals surface area contributed by atoms with Crippen molar-refractivity contribution >= 4 is 46.8 Å². The highest BCUT2D eigenvalue weighted by Crippen LogP contribution is 2.33. The van der Waals surface area contributed by atoms with E-state index in [2.05, 4.69) is 5.32 Å². The van der Waals surface area contributed by atoms with E-state index in [0.717, 1.165) is 17.5 Å². The Morgan fingerprint density at radius 2 is 1.97 bits per heavy atom. The van der Waals surface area contributed by atoms with Crippen LogP contribution in [0.25, 0.3) is 0 Å². The molecule has 29 heavy (non-hydrogen) atoms. The van der Waals surface area contributed by atoms with Crippen molar-refractivity contribution in [2.75, 3.05) is 12.3 Å². The van der Waals surface area contributed by atoms with E-state index in [0.29, 0.717) is 34.3 Å². The Kier molecular flexibility index (Phi) is 7.49. The van der Waals surface area contributed by atoms with Gasteiger partial charge in [0.1, 0.15) is 6.04 Å². The lowest BCUT2D eigenvalue weighted by Gasteiger charge is -2.29. The molecule has 1 fully saturated rings. The van der Waals surface area contributed by atoms with Crippen molar-refractivity contribution in [2.24, 2.45) is 0 Å². The smallest absolute Gasteiger partial charge is 0.255 e. The van der Waals surface area contributed by atoms with Crippen LogP contribution in [-0.2, 0) is 11.2 Å². The highest BCUT2D eigenvalue weighted by molar-refractivity contribution is 8.00. The molecule has 1 aliphatic heterocycles. The second-order valence-electron chi connectivity index (χ2n) is 7.02. The summed E-state index contributed by atoms with van der Waals surface area (Å²) in [5.41, 5.74) is 2.50. The number of nitrogens with zero attached hydrogens (tertiary/aromatic N) is 1. The summed E-state index contributed by atoms with van der Waals surface area (Å²) in [5.74, 6) is 0.394.